The summed E-state index contributed by atoms with van der Waals surface area (Å²) in [5.41, 5.74) is 1.55. The summed E-state index contributed by atoms with van der Waals surface area (Å²) in [5, 5.41) is 10.7. The van der Waals surface area contributed by atoms with E-state index in [-0.39, 0.29) is 12.6 Å². The fraction of sp³-hybridized carbons (Fsp3) is 0.222. The smallest absolute Gasteiger partial charge is 0.413 e. The molecule has 7 heteroatoms. The number of carbonyl (C=O) groups excluding carboxylic acids is 1. The van der Waals surface area contributed by atoms with Crippen LogP contribution in [0.3, 0.4) is 0 Å². The largest absolute Gasteiger partial charge is 0.444 e. The number of aromatic nitrogens is 4. The number of hydrogen-bond acceptors (Lipinski definition) is 5. The summed E-state index contributed by atoms with van der Waals surface area (Å²) in [7, 11) is 0. The van der Waals surface area contributed by atoms with Gasteiger partial charge in [0, 0.05) is 6.04 Å². The zero-order valence-electron chi connectivity index (χ0n) is 14.1. The number of amides is 1. The van der Waals surface area contributed by atoms with Gasteiger partial charge < -0.3 is 9.30 Å². The predicted molar refractivity (Wildman–Crippen MR) is 93.9 cm³/mol. The molecule has 3 aromatic rings. The van der Waals surface area contributed by atoms with E-state index in [4.69, 9.17) is 4.74 Å². The maximum atomic E-state index is 12.0. The Hall–Kier alpha value is -3.22. The minimum Gasteiger partial charge on any atom is -0.444 e. The summed E-state index contributed by atoms with van der Waals surface area (Å²) in [6.07, 6.45) is 1.11. The number of rotatable bonds is 5. The van der Waals surface area contributed by atoms with Crippen LogP contribution >= 0.6 is 0 Å². The van der Waals surface area contributed by atoms with Crippen LogP contribution in [-0.2, 0) is 11.3 Å². The minimum absolute atomic E-state index is 0.202. The molecule has 1 N–H and O–H groups in total. The molecule has 2 aromatic heterocycles. The molecule has 1 amide bonds. The number of nitrogens with zero attached hydrogens (tertiary/aromatic N) is 4. The fourth-order valence-electron chi connectivity index (χ4n) is 2.30. The zero-order chi connectivity index (χ0) is 17.6. The van der Waals surface area contributed by atoms with Crippen LogP contribution in [0.25, 0.3) is 11.5 Å². The maximum Gasteiger partial charge on any atom is 0.413 e. The average molecular weight is 337 g/mol. The van der Waals surface area contributed by atoms with E-state index in [9.17, 15) is 4.79 Å². The van der Waals surface area contributed by atoms with E-state index in [1.165, 1.54) is 0 Å². The van der Waals surface area contributed by atoms with Crippen LogP contribution in [0.1, 0.15) is 25.5 Å². The van der Waals surface area contributed by atoms with Crippen LogP contribution in [-0.4, -0.2) is 25.8 Å². The van der Waals surface area contributed by atoms with Gasteiger partial charge >= 0.3 is 6.09 Å². The molecule has 0 atom stereocenters. The van der Waals surface area contributed by atoms with Gasteiger partial charge in [-0.05, 0) is 31.5 Å². The molecular weight excluding hydrogens is 318 g/mol. The van der Waals surface area contributed by atoms with E-state index in [0.717, 1.165) is 5.56 Å². The third-order valence-corrected chi connectivity index (χ3v) is 3.55. The summed E-state index contributed by atoms with van der Waals surface area (Å²) in [5.74, 6) is 1.05. The average Bonchev–Trinajstić information content (AvgIpc) is 3.11. The number of benzene rings is 1. The van der Waals surface area contributed by atoms with Crippen LogP contribution in [0, 0.1) is 0 Å². The Balaban J connectivity index is 1.67. The number of ether oxygens (including phenoxy) is 1. The fourth-order valence-corrected chi connectivity index (χ4v) is 2.30. The predicted octanol–water partition coefficient (Wildman–Crippen LogP) is 3.67. The van der Waals surface area contributed by atoms with Gasteiger partial charge in [0.15, 0.2) is 5.82 Å². The van der Waals surface area contributed by atoms with Gasteiger partial charge in [-0.2, -0.15) is 0 Å². The lowest BCUT2D eigenvalue weighted by Gasteiger charge is -2.10. The monoisotopic (exact) mass is 337 g/mol. The van der Waals surface area contributed by atoms with Crippen molar-refractivity contribution in [2.75, 3.05) is 5.32 Å². The van der Waals surface area contributed by atoms with Crippen LogP contribution < -0.4 is 5.32 Å². The quantitative estimate of drug-likeness (QED) is 0.768. The van der Waals surface area contributed by atoms with Gasteiger partial charge in [0.05, 0.1) is 0 Å². The highest BCUT2D eigenvalue weighted by Crippen LogP contribution is 2.19. The molecule has 128 valence electrons. The first-order valence-corrected chi connectivity index (χ1v) is 7.98. The summed E-state index contributed by atoms with van der Waals surface area (Å²) in [4.78, 5) is 16.4. The van der Waals surface area contributed by atoms with Crippen molar-refractivity contribution in [2.45, 2.75) is 26.5 Å². The van der Waals surface area contributed by atoms with E-state index >= 15 is 0 Å². The Labute approximate surface area is 145 Å². The van der Waals surface area contributed by atoms with Crippen molar-refractivity contribution < 1.29 is 9.53 Å². The van der Waals surface area contributed by atoms with Gasteiger partial charge in [0.1, 0.15) is 24.4 Å². The maximum absolute atomic E-state index is 12.0. The third-order valence-electron chi connectivity index (χ3n) is 3.55. The van der Waals surface area contributed by atoms with E-state index in [2.05, 4.69) is 20.5 Å². The van der Waals surface area contributed by atoms with Gasteiger partial charge in [-0.15, -0.1) is 10.2 Å². The molecule has 25 heavy (non-hydrogen) atoms. The van der Waals surface area contributed by atoms with Gasteiger partial charge in [0.25, 0.3) is 0 Å². The summed E-state index contributed by atoms with van der Waals surface area (Å²) >= 11 is 0. The van der Waals surface area contributed by atoms with Crippen molar-refractivity contribution in [3.63, 3.8) is 0 Å². The molecule has 0 aliphatic rings. The molecule has 2 heterocycles. The summed E-state index contributed by atoms with van der Waals surface area (Å²) in [6.45, 7) is 4.28. The number of carbonyl (C=O) groups is 1. The van der Waals surface area contributed by atoms with Crippen LogP contribution in [0.4, 0.5) is 10.6 Å². The molecular formula is C18H19N5O2. The molecule has 0 fully saturated rings. The highest BCUT2D eigenvalue weighted by atomic mass is 16.5. The first kappa shape index (κ1) is 16.6. The van der Waals surface area contributed by atoms with Crippen molar-refractivity contribution in [3.05, 3.63) is 60.4 Å². The van der Waals surface area contributed by atoms with Crippen molar-refractivity contribution in [2.24, 2.45) is 0 Å². The second-order valence-corrected chi connectivity index (χ2v) is 5.75. The summed E-state index contributed by atoms with van der Waals surface area (Å²) in [6, 6.07) is 15.0. The Morgan fingerprint density at radius 1 is 1.16 bits per heavy atom. The Morgan fingerprint density at radius 3 is 2.72 bits per heavy atom. The molecule has 1 aromatic carbocycles. The molecule has 3 rings (SSSR count). The minimum atomic E-state index is -0.557. The molecule has 0 bridgehead atoms. The highest BCUT2D eigenvalue weighted by Gasteiger charge is 2.12. The van der Waals surface area contributed by atoms with Crippen molar-refractivity contribution in [1.29, 1.82) is 0 Å². The Morgan fingerprint density at radius 2 is 1.96 bits per heavy atom. The molecule has 0 saturated carbocycles. The van der Waals surface area contributed by atoms with Gasteiger partial charge in [-0.3, -0.25) is 5.32 Å². The first-order chi connectivity index (χ1) is 12.1. The van der Waals surface area contributed by atoms with Gasteiger partial charge in [0.2, 0.25) is 0 Å². The van der Waals surface area contributed by atoms with Crippen LogP contribution in [0.5, 0.6) is 0 Å². The second kappa shape index (κ2) is 7.57. The van der Waals surface area contributed by atoms with E-state index in [0.29, 0.717) is 17.3 Å². The third kappa shape index (κ3) is 4.20. The molecule has 0 spiro atoms. The van der Waals surface area contributed by atoms with E-state index < -0.39 is 6.09 Å². The van der Waals surface area contributed by atoms with E-state index in [1.807, 2.05) is 54.8 Å². The SMILES string of the molecule is CC(C)n1cnnc1-c1cccc(NC(=O)OCc2ccccc2)n1. The Bertz CT molecular complexity index is 845. The lowest BCUT2D eigenvalue weighted by Crippen LogP contribution is -2.14. The first-order valence-electron chi connectivity index (χ1n) is 7.98. The number of nitrogens with one attached hydrogen (secondary N) is 1. The normalized spacial score (nSPS) is 10.7. The lowest BCUT2D eigenvalue weighted by molar-refractivity contribution is 0.155. The molecule has 0 saturated heterocycles. The zero-order valence-corrected chi connectivity index (χ0v) is 14.1. The molecule has 0 radical (unpaired) electrons. The van der Waals surface area contributed by atoms with Crippen LogP contribution in [0.15, 0.2) is 54.9 Å². The number of pyridine rings is 1. The lowest BCUT2D eigenvalue weighted by atomic mass is 10.2. The second-order valence-electron chi connectivity index (χ2n) is 5.75. The standard InChI is InChI=1S/C18H19N5O2/c1-13(2)23-12-19-22-17(23)15-9-6-10-16(20-15)21-18(24)25-11-14-7-4-3-5-8-14/h3-10,12-13H,11H2,1-2H3,(H,20,21,24). The molecule has 7 nitrogen and oxygen atoms in total. The Kier molecular flexibility index (Phi) is 5.03. The van der Waals surface area contributed by atoms with Crippen molar-refractivity contribution in [3.8, 4) is 11.5 Å². The summed E-state index contributed by atoms with van der Waals surface area (Å²) < 4.78 is 7.12. The number of hydrogen-bond donors (Lipinski definition) is 1. The van der Waals surface area contributed by atoms with Crippen LogP contribution in [0.2, 0.25) is 0 Å². The van der Waals surface area contributed by atoms with Gasteiger partial charge in [-0.1, -0.05) is 36.4 Å². The molecule has 0 unspecified atom stereocenters. The number of anilines is 1. The topological polar surface area (TPSA) is 81.9 Å². The van der Waals surface area contributed by atoms with Crippen molar-refractivity contribution >= 4 is 11.9 Å². The van der Waals surface area contributed by atoms with E-state index in [1.54, 1.807) is 18.5 Å². The molecule has 0 aliphatic carbocycles. The van der Waals surface area contributed by atoms with Crippen molar-refractivity contribution in [1.82, 2.24) is 19.7 Å². The highest BCUT2D eigenvalue weighted by molar-refractivity contribution is 5.83. The van der Waals surface area contributed by atoms with Gasteiger partial charge in [-0.25, -0.2) is 9.78 Å². The molecule has 0 aliphatic heterocycles.